The molecule has 0 aliphatic rings. The number of aromatic nitrogens is 1. The molecule has 1 aromatic heterocycles. The molecule has 3 heteroatoms. The lowest BCUT2D eigenvalue weighted by molar-refractivity contribution is 0.398. The Morgan fingerprint density at radius 3 is 2.75 bits per heavy atom. The lowest BCUT2D eigenvalue weighted by atomic mass is 9.99. The fourth-order valence-corrected chi connectivity index (χ4v) is 2.26. The van der Waals surface area contributed by atoms with Crippen LogP contribution in [-0.4, -0.2) is 18.6 Å². The van der Waals surface area contributed by atoms with E-state index in [-0.39, 0.29) is 0 Å². The van der Waals surface area contributed by atoms with Crippen molar-refractivity contribution in [1.29, 1.82) is 0 Å². The highest BCUT2D eigenvalue weighted by molar-refractivity contribution is 5.68. The van der Waals surface area contributed by atoms with E-state index < -0.39 is 0 Å². The molecule has 3 nitrogen and oxygen atoms in total. The molecule has 20 heavy (non-hydrogen) atoms. The third-order valence-electron chi connectivity index (χ3n) is 3.30. The largest absolute Gasteiger partial charge is 0.481 e. The van der Waals surface area contributed by atoms with Gasteiger partial charge in [0.25, 0.3) is 0 Å². The number of methoxy groups -OCH3 is 1. The van der Waals surface area contributed by atoms with Crippen LogP contribution in [0.1, 0.15) is 24.5 Å². The van der Waals surface area contributed by atoms with Gasteiger partial charge in [0, 0.05) is 18.8 Å². The molecule has 0 saturated heterocycles. The molecule has 1 aromatic carbocycles. The standard InChI is InChI=1S/C17H22N2O/c1-4-8-18-12-14-5-6-16(13(2)10-14)15-7-9-19-17(11-15)20-3/h5-7,9-11,18H,4,8,12H2,1-3H3. The first-order chi connectivity index (χ1) is 9.74. The maximum atomic E-state index is 5.18. The molecule has 0 fully saturated rings. The van der Waals surface area contributed by atoms with E-state index in [2.05, 4.69) is 42.3 Å². The molecule has 2 aromatic rings. The highest BCUT2D eigenvalue weighted by Crippen LogP contribution is 2.26. The van der Waals surface area contributed by atoms with Crippen LogP contribution in [0.15, 0.2) is 36.5 Å². The van der Waals surface area contributed by atoms with Crippen molar-refractivity contribution in [2.24, 2.45) is 0 Å². The Hall–Kier alpha value is -1.87. The summed E-state index contributed by atoms with van der Waals surface area (Å²) in [6.45, 7) is 6.31. The highest BCUT2D eigenvalue weighted by Gasteiger charge is 2.05. The van der Waals surface area contributed by atoms with Crippen LogP contribution in [0.4, 0.5) is 0 Å². The van der Waals surface area contributed by atoms with Gasteiger partial charge in [0.05, 0.1) is 7.11 Å². The molecule has 2 rings (SSSR count). The van der Waals surface area contributed by atoms with Crippen molar-refractivity contribution in [2.75, 3.05) is 13.7 Å². The quantitative estimate of drug-likeness (QED) is 0.815. The fourth-order valence-electron chi connectivity index (χ4n) is 2.26. The average Bonchev–Trinajstić information content (AvgIpc) is 2.48. The van der Waals surface area contributed by atoms with Crippen molar-refractivity contribution in [3.8, 4) is 17.0 Å². The minimum Gasteiger partial charge on any atom is -0.481 e. The molecule has 0 aliphatic carbocycles. The number of nitrogens with one attached hydrogen (secondary N) is 1. The number of benzene rings is 1. The van der Waals surface area contributed by atoms with Gasteiger partial charge in [-0.1, -0.05) is 25.1 Å². The second-order valence-electron chi connectivity index (χ2n) is 4.91. The van der Waals surface area contributed by atoms with Gasteiger partial charge in [-0.05, 0) is 48.2 Å². The van der Waals surface area contributed by atoms with Gasteiger partial charge < -0.3 is 10.1 Å². The molecule has 0 amide bonds. The smallest absolute Gasteiger partial charge is 0.213 e. The number of nitrogens with zero attached hydrogens (tertiary/aromatic N) is 1. The van der Waals surface area contributed by atoms with Crippen molar-refractivity contribution in [1.82, 2.24) is 10.3 Å². The number of hydrogen-bond acceptors (Lipinski definition) is 3. The van der Waals surface area contributed by atoms with Crippen molar-refractivity contribution in [2.45, 2.75) is 26.8 Å². The summed E-state index contributed by atoms with van der Waals surface area (Å²) >= 11 is 0. The molecule has 0 atom stereocenters. The molecule has 0 bridgehead atoms. The van der Waals surface area contributed by atoms with Gasteiger partial charge >= 0.3 is 0 Å². The number of rotatable bonds is 6. The lowest BCUT2D eigenvalue weighted by Gasteiger charge is -2.10. The van der Waals surface area contributed by atoms with Gasteiger partial charge in [0.15, 0.2) is 0 Å². The lowest BCUT2D eigenvalue weighted by Crippen LogP contribution is -2.13. The minimum atomic E-state index is 0.649. The summed E-state index contributed by atoms with van der Waals surface area (Å²) in [5, 5.41) is 3.43. The summed E-state index contributed by atoms with van der Waals surface area (Å²) in [5.74, 6) is 0.649. The Morgan fingerprint density at radius 1 is 1.20 bits per heavy atom. The van der Waals surface area contributed by atoms with E-state index in [9.17, 15) is 0 Å². The molecule has 1 N–H and O–H groups in total. The van der Waals surface area contributed by atoms with Crippen LogP contribution in [0, 0.1) is 6.92 Å². The predicted molar refractivity (Wildman–Crippen MR) is 83.0 cm³/mol. The van der Waals surface area contributed by atoms with E-state index in [1.54, 1.807) is 13.3 Å². The first-order valence-electron chi connectivity index (χ1n) is 7.05. The molecule has 1 heterocycles. The van der Waals surface area contributed by atoms with Gasteiger partial charge in [-0.2, -0.15) is 0 Å². The normalized spacial score (nSPS) is 10.6. The van der Waals surface area contributed by atoms with Gasteiger partial charge in [-0.25, -0.2) is 4.98 Å². The zero-order valence-corrected chi connectivity index (χ0v) is 12.4. The third kappa shape index (κ3) is 3.58. The van der Waals surface area contributed by atoms with Crippen LogP contribution in [0.3, 0.4) is 0 Å². The third-order valence-corrected chi connectivity index (χ3v) is 3.30. The van der Waals surface area contributed by atoms with E-state index in [4.69, 9.17) is 4.74 Å². The van der Waals surface area contributed by atoms with Crippen molar-refractivity contribution < 1.29 is 4.74 Å². The van der Waals surface area contributed by atoms with Crippen LogP contribution in [0.2, 0.25) is 0 Å². The van der Waals surface area contributed by atoms with Crippen molar-refractivity contribution in [3.63, 3.8) is 0 Å². The molecule has 0 spiro atoms. The molecular weight excluding hydrogens is 248 g/mol. The van der Waals surface area contributed by atoms with Crippen molar-refractivity contribution >= 4 is 0 Å². The van der Waals surface area contributed by atoms with Crippen LogP contribution >= 0.6 is 0 Å². The van der Waals surface area contributed by atoms with E-state index in [0.29, 0.717) is 5.88 Å². The summed E-state index contributed by atoms with van der Waals surface area (Å²) in [5.41, 5.74) is 4.96. The molecule has 0 unspecified atom stereocenters. The number of hydrogen-bond donors (Lipinski definition) is 1. The van der Waals surface area contributed by atoms with E-state index >= 15 is 0 Å². The minimum absolute atomic E-state index is 0.649. The SMILES string of the molecule is CCCNCc1ccc(-c2ccnc(OC)c2)c(C)c1. The molecule has 0 aliphatic heterocycles. The Labute approximate surface area is 121 Å². The van der Waals surface area contributed by atoms with Crippen LogP contribution < -0.4 is 10.1 Å². The van der Waals surface area contributed by atoms with E-state index in [1.165, 1.54) is 16.7 Å². The Balaban J connectivity index is 2.20. The topological polar surface area (TPSA) is 34.2 Å². The Bertz CT molecular complexity index is 567. The summed E-state index contributed by atoms with van der Waals surface area (Å²) in [4.78, 5) is 4.15. The van der Waals surface area contributed by atoms with Gasteiger partial charge in [-0.15, -0.1) is 0 Å². The van der Waals surface area contributed by atoms with Gasteiger partial charge in [-0.3, -0.25) is 0 Å². The highest BCUT2D eigenvalue weighted by atomic mass is 16.5. The average molecular weight is 270 g/mol. The maximum absolute atomic E-state index is 5.18. The zero-order chi connectivity index (χ0) is 14.4. The summed E-state index contributed by atoms with van der Waals surface area (Å²) in [6.07, 6.45) is 2.94. The van der Waals surface area contributed by atoms with E-state index in [0.717, 1.165) is 25.1 Å². The molecule has 0 radical (unpaired) electrons. The van der Waals surface area contributed by atoms with Crippen LogP contribution in [-0.2, 0) is 6.54 Å². The summed E-state index contributed by atoms with van der Waals surface area (Å²) in [6, 6.07) is 10.6. The summed E-state index contributed by atoms with van der Waals surface area (Å²) < 4.78 is 5.18. The number of aryl methyl sites for hydroxylation is 1. The number of pyridine rings is 1. The van der Waals surface area contributed by atoms with Gasteiger partial charge in [0.2, 0.25) is 5.88 Å². The van der Waals surface area contributed by atoms with E-state index in [1.807, 2.05) is 12.1 Å². The maximum Gasteiger partial charge on any atom is 0.213 e. The van der Waals surface area contributed by atoms with Gasteiger partial charge in [0.1, 0.15) is 0 Å². The molecule has 0 saturated carbocycles. The summed E-state index contributed by atoms with van der Waals surface area (Å²) in [7, 11) is 1.64. The molecule has 106 valence electrons. The first-order valence-corrected chi connectivity index (χ1v) is 7.05. The Kier molecular flexibility index (Phi) is 5.13. The molecular formula is C17H22N2O. The second kappa shape index (κ2) is 7.06. The fraction of sp³-hybridized carbons (Fsp3) is 0.353. The predicted octanol–water partition coefficient (Wildman–Crippen LogP) is 3.57. The van der Waals surface area contributed by atoms with Crippen molar-refractivity contribution in [3.05, 3.63) is 47.7 Å². The first kappa shape index (κ1) is 14.5. The van der Waals surface area contributed by atoms with Crippen LogP contribution in [0.25, 0.3) is 11.1 Å². The van der Waals surface area contributed by atoms with Crippen LogP contribution in [0.5, 0.6) is 5.88 Å². The number of ether oxygens (including phenoxy) is 1. The Morgan fingerprint density at radius 2 is 2.05 bits per heavy atom. The zero-order valence-electron chi connectivity index (χ0n) is 12.4. The second-order valence-corrected chi connectivity index (χ2v) is 4.91. The monoisotopic (exact) mass is 270 g/mol.